The van der Waals surface area contributed by atoms with Crippen molar-refractivity contribution in [2.45, 2.75) is 6.92 Å². The van der Waals surface area contributed by atoms with Crippen LogP contribution in [0, 0.1) is 10.1 Å². The number of hydrogen-bond acceptors (Lipinski definition) is 4. The van der Waals surface area contributed by atoms with Crippen LogP contribution < -0.4 is 0 Å². The second-order valence-corrected chi connectivity index (χ2v) is 4.50. The van der Waals surface area contributed by atoms with E-state index < -0.39 is 4.92 Å². The quantitative estimate of drug-likeness (QED) is 0.628. The van der Waals surface area contributed by atoms with Crippen molar-refractivity contribution in [2.24, 2.45) is 0 Å². The summed E-state index contributed by atoms with van der Waals surface area (Å²) in [5, 5.41) is 15.1. The van der Waals surface area contributed by atoms with Gasteiger partial charge in [0.15, 0.2) is 0 Å². The Bertz CT molecular complexity index is 682. The lowest BCUT2D eigenvalue weighted by Crippen LogP contribution is -2.05. The normalized spacial score (nSPS) is 10.5. The van der Waals surface area contributed by atoms with Gasteiger partial charge in [-0.3, -0.25) is 14.9 Å². The van der Waals surface area contributed by atoms with Gasteiger partial charge in [-0.15, -0.1) is 0 Å². The minimum Gasteiger partial charge on any atom is -0.273 e. The van der Waals surface area contributed by atoms with Crippen LogP contribution in [0.4, 0.5) is 5.69 Å². The van der Waals surface area contributed by atoms with Crippen molar-refractivity contribution >= 4 is 34.8 Å². The third-order valence-electron chi connectivity index (χ3n) is 2.42. The van der Waals surface area contributed by atoms with Crippen LogP contribution in [0.1, 0.15) is 11.7 Å². The maximum atomic E-state index is 11.2. The van der Waals surface area contributed by atoms with Gasteiger partial charge >= 0.3 is 0 Å². The first kappa shape index (κ1) is 13.5. The van der Waals surface area contributed by atoms with Gasteiger partial charge in [0.1, 0.15) is 10.7 Å². The summed E-state index contributed by atoms with van der Waals surface area (Å²) in [4.78, 5) is 21.6. The second-order valence-electron chi connectivity index (χ2n) is 3.68. The molecule has 1 aromatic carbocycles. The third kappa shape index (κ3) is 2.45. The van der Waals surface area contributed by atoms with E-state index in [1.807, 2.05) is 0 Å². The molecule has 0 unspecified atom stereocenters. The largest absolute Gasteiger partial charge is 0.297 e. The molecule has 2 aromatic rings. The molecule has 0 bridgehead atoms. The van der Waals surface area contributed by atoms with Gasteiger partial charge in [-0.05, 0) is 12.1 Å². The summed E-state index contributed by atoms with van der Waals surface area (Å²) < 4.78 is 1.02. The highest BCUT2D eigenvalue weighted by atomic mass is 35.5. The molecule has 0 saturated heterocycles. The average Bonchev–Trinajstić information content (AvgIpc) is 2.70. The molecule has 0 aliphatic rings. The molecule has 0 saturated carbocycles. The number of rotatable bonds is 2. The van der Waals surface area contributed by atoms with E-state index in [9.17, 15) is 14.9 Å². The molecule has 0 amide bonds. The highest BCUT2D eigenvalue weighted by Crippen LogP contribution is 2.37. The van der Waals surface area contributed by atoms with E-state index in [0.29, 0.717) is 0 Å². The van der Waals surface area contributed by atoms with E-state index >= 15 is 0 Å². The van der Waals surface area contributed by atoms with Crippen molar-refractivity contribution in [3.63, 3.8) is 0 Å². The number of nitro groups is 1. The summed E-state index contributed by atoms with van der Waals surface area (Å²) in [6.45, 7) is 1.31. The first-order chi connectivity index (χ1) is 8.91. The lowest BCUT2D eigenvalue weighted by molar-refractivity contribution is -0.384. The van der Waals surface area contributed by atoms with Gasteiger partial charge in [-0.1, -0.05) is 29.3 Å². The van der Waals surface area contributed by atoms with E-state index in [1.54, 1.807) is 6.07 Å². The standard InChI is InChI=1S/C11H7Cl2N3O3/c1-6(17)15-5-9(13)10(14-15)7-3-2-4-8(12)11(7)16(18)19/h2-5H,1H3. The van der Waals surface area contributed by atoms with Gasteiger partial charge in [0, 0.05) is 6.92 Å². The summed E-state index contributed by atoms with van der Waals surface area (Å²) in [7, 11) is 0. The Labute approximate surface area is 117 Å². The van der Waals surface area contributed by atoms with Gasteiger partial charge in [-0.25, -0.2) is 4.68 Å². The molecule has 6 nitrogen and oxygen atoms in total. The Kier molecular flexibility index (Phi) is 3.55. The van der Waals surface area contributed by atoms with Crippen molar-refractivity contribution in [3.05, 3.63) is 44.6 Å². The zero-order valence-corrected chi connectivity index (χ0v) is 11.1. The Balaban J connectivity index is 2.69. The van der Waals surface area contributed by atoms with Gasteiger partial charge in [0.05, 0.1) is 21.7 Å². The van der Waals surface area contributed by atoms with E-state index in [0.717, 1.165) is 4.68 Å². The second kappa shape index (κ2) is 4.99. The van der Waals surface area contributed by atoms with Crippen LogP contribution in [0.15, 0.2) is 24.4 Å². The van der Waals surface area contributed by atoms with Gasteiger partial charge in [0.25, 0.3) is 5.69 Å². The van der Waals surface area contributed by atoms with Crippen molar-refractivity contribution in [1.82, 2.24) is 9.78 Å². The number of carbonyl (C=O) groups is 1. The van der Waals surface area contributed by atoms with Gasteiger partial charge < -0.3 is 0 Å². The number of benzene rings is 1. The zero-order valence-electron chi connectivity index (χ0n) is 9.63. The minimum atomic E-state index is -0.610. The van der Waals surface area contributed by atoms with Crippen molar-refractivity contribution in [3.8, 4) is 11.3 Å². The number of carbonyl (C=O) groups excluding carboxylic acids is 1. The Morgan fingerprint density at radius 2 is 2.05 bits per heavy atom. The van der Waals surface area contributed by atoms with E-state index in [2.05, 4.69) is 5.10 Å². The maximum Gasteiger partial charge on any atom is 0.297 e. The van der Waals surface area contributed by atoms with Gasteiger partial charge in [-0.2, -0.15) is 5.10 Å². The molecule has 0 N–H and O–H groups in total. The average molecular weight is 300 g/mol. The third-order valence-corrected chi connectivity index (χ3v) is 3.00. The topological polar surface area (TPSA) is 78.0 Å². The smallest absolute Gasteiger partial charge is 0.273 e. The number of nitro benzene ring substituents is 1. The SMILES string of the molecule is CC(=O)n1cc(Cl)c(-c2cccc(Cl)c2[N+](=O)[O-])n1. The fourth-order valence-electron chi connectivity index (χ4n) is 1.59. The summed E-state index contributed by atoms with van der Waals surface area (Å²) >= 11 is 11.8. The highest BCUT2D eigenvalue weighted by Gasteiger charge is 2.23. The number of nitrogens with zero attached hydrogens (tertiary/aromatic N) is 3. The number of halogens is 2. The highest BCUT2D eigenvalue weighted by molar-refractivity contribution is 6.35. The molecule has 1 heterocycles. The molecule has 0 radical (unpaired) electrons. The molecule has 8 heteroatoms. The molecule has 0 aliphatic carbocycles. The van der Waals surface area contributed by atoms with Crippen molar-refractivity contribution in [1.29, 1.82) is 0 Å². The van der Waals surface area contributed by atoms with Crippen LogP contribution in [0.25, 0.3) is 11.3 Å². The molecule has 98 valence electrons. The van der Waals surface area contributed by atoms with E-state index in [4.69, 9.17) is 23.2 Å². The lowest BCUT2D eigenvalue weighted by Gasteiger charge is -2.01. The minimum absolute atomic E-state index is 0.0176. The Hall–Kier alpha value is -1.92. The lowest BCUT2D eigenvalue weighted by atomic mass is 10.1. The van der Waals surface area contributed by atoms with Crippen LogP contribution in [0.3, 0.4) is 0 Å². The summed E-state index contributed by atoms with van der Waals surface area (Å²) in [5.41, 5.74) is 0.0217. The number of para-hydroxylation sites is 1. The van der Waals surface area contributed by atoms with Crippen molar-refractivity contribution in [2.75, 3.05) is 0 Å². The Morgan fingerprint density at radius 3 is 2.58 bits per heavy atom. The van der Waals surface area contributed by atoms with Crippen LogP contribution in [0.2, 0.25) is 10.0 Å². The molecule has 1 aromatic heterocycles. The summed E-state index contributed by atoms with van der Waals surface area (Å²) in [6, 6.07) is 4.43. The summed E-state index contributed by atoms with van der Waals surface area (Å²) in [5.74, 6) is -0.349. The molecule has 0 fully saturated rings. The summed E-state index contributed by atoms with van der Waals surface area (Å²) in [6.07, 6.45) is 1.30. The molecule has 0 aliphatic heterocycles. The number of aromatic nitrogens is 2. The molecule has 0 spiro atoms. The predicted octanol–water partition coefficient (Wildman–Crippen LogP) is 3.43. The zero-order chi connectivity index (χ0) is 14.2. The molecule has 0 atom stereocenters. The first-order valence-electron chi connectivity index (χ1n) is 5.11. The molecular formula is C11H7Cl2N3O3. The molecule has 2 rings (SSSR count). The Morgan fingerprint density at radius 1 is 1.37 bits per heavy atom. The maximum absolute atomic E-state index is 11.2. The first-order valence-corrected chi connectivity index (χ1v) is 5.86. The van der Waals surface area contributed by atoms with Gasteiger partial charge in [0.2, 0.25) is 5.91 Å². The number of hydrogen-bond donors (Lipinski definition) is 0. The van der Waals surface area contributed by atoms with Crippen LogP contribution in [0.5, 0.6) is 0 Å². The molecular weight excluding hydrogens is 293 g/mol. The van der Waals surface area contributed by atoms with Crippen LogP contribution in [-0.4, -0.2) is 20.6 Å². The predicted molar refractivity (Wildman–Crippen MR) is 70.6 cm³/mol. The van der Waals surface area contributed by atoms with Crippen molar-refractivity contribution < 1.29 is 9.72 Å². The van der Waals surface area contributed by atoms with E-state index in [1.165, 1.54) is 25.3 Å². The van der Waals surface area contributed by atoms with Crippen LogP contribution >= 0.6 is 23.2 Å². The monoisotopic (exact) mass is 299 g/mol. The molecule has 19 heavy (non-hydrogen) atoms. The van der Waals surface area contributed by atoms with E-state index in [-0.39, 0.29) is 32.9 Å². The fourth-order valence-corrected chi connectivity index (χ4v) is 2.06. The van der Waals surface area contributed by atoms with Crippen LogP contribution in [-0.2, 0) is 0 Å². The fraction of sp³-hybridized carbons (Fsp3) is 0.0909.